The van der Waals surface area contributed by atoms with E-state index in [0.29, 0.717) is 16.3 Å². The SMILES string of the molecule is O=C(Nc1nc(-c2ccc(Br)cc2)cs1)c1ccccc1CN1C(=O)CNC1=O. The summed E-state index contributed by atoms with van der Waals surface area (Å²) >= 11 is 4.73. The molecule has 2 aromatic carbocycles. The average Bonchev–Trinajstić information content (AvgIpc) is 3.31. The van der Waals surface area contributed by atoms with E-state index in [1.54, 1.807) is 24.3 Å². The Morgan fingerprint density at radius 2 is 1.93 bits per heavy atom. The first-order valence-electron chi connectivity index (χ1n) is 8.70. The predicted octanol–water partition coefficient (Wildman–Crippen LogP) is 3.88. The second kappa shape index (κ2) is 8.14. The molecule has 29 heavy (non-hydrogen) atoms. The van der Waals surface area contributed by atoms with Crippen LogP contribution in [0.1, 0.15) is 15.9 Å². The van der Waals surface area contributed by atoms with Crippen LogP contribution >= 0.6 is 27.3 Å². The summed E-state index contributed by atoms with van der Waals surface area (Å²) in [5.74, 6) is -0.659. The normalized spacial score (nSPS) is 13.5. The molecule has 0 spiro atoms. The molecule has 0 atom stereocenters. The van der Waals surface area contributed by atoms with Crippen LogP contribution < -0.4 is 10.6 Å². The van der Waals surface area contributed by atoms with Gasteiger partial charge in [-0.15, -0.1) is 11.3 Å². The van der Waals surface area contributed by atoms with Crippen molar-refractivity contribution >= 4 is 50.2 Å². The molecular formula is C20H15BrN4O3S. The molecule has 1 fully saturated rings. The number of halogens is 1. The zero-order chi connectivity index (χ0) is 20.4. The van der Waals surface area contributed by atoms with Gasteiger partial charge < -0.3 is 5.32 Å². The van der Waals surface area contributed by atoms with E-state index in [1.807, 2.05) is 29.6 Å². The number of amides is 4. The van der Waals surface area contributed by atoms with Gasteiger partial charge in [0.2, 0.25) is 5.91 Å². The zero-order valence-electron chi connectivity index (χ0n) is 15.0. The van der Waals surface area contributed by atoms with E-state index in [1.165, 1.54) is 11.3 Å². The Morgan fingerprint density at radius 3 is 2.66 bits per heavy atom. The molecule has 7 nitrogen and oxygen atoms in total. The number of anilines is 1. The minimum Gasteiger partial charge on any atom is -0.329 e. The second-order valence-corrected chi connectivity index (χ2v) is 8.07. The summed E-state index contributed by atoms with van der Waals surface area (Å²) in [5.41, 5.74) is 2.69. The smallest absolute Gasteiger partial charge is 0.324 e. The van der Waals surface area contributed by atoms with E-state index in [4.69, 9.17) is 0 Å². The zero-order valence-corrected chi connectivity index (χ0v) is 17.4. The number of aromatic nitrogens is 1. The molecule has 1 aliphatic rings. The molecular weight excluding hydrogens is 456 g/mol. The number of carbonyl (C=O) groups excluding carboxylic acids is 3. The van der Waals surface area contributed by atoms with Gasteiger partial charge in [0, 0.05) is 21.0 Å². The Kier molecular flexibility index (Phi) is 5.41. The lowest BCUT2D eigenvalue weighted by atomic mass is 10.1. The topological polar surface area (TPSA) is 91.4 Å². The lowest BCUT2D eigenvalue weighted by Gasteiger charge is -2.15. The molecule has 0 unspecified atom stereocenters. The Bertz CT molecular complexity index is 1080. The van der Waals surface area contributed by atoms with Gasteiger partial charge in [-0.1, -0.05) is 46.3 Å². The number of nitrogens with zero attached hydrogens (tertiary/aromatic N) is 2. The van der Waals surface area contributed by atoms with Gasteiger partial charge in [-0.25, -0.2) is 9.78 Å². The van der Waals surface area contributed by atoms with E-state index >= 15 is 0 Å². The third-order valence-electron chi connectivity index (χ3n) is 4.39. The number of rotatable bonds is 5. The summed E-state index contributed by atoms with van der Waals surface area (Å²) in [4.78, 5) is 42.0. The highest BCUT2D eigenvalue weighted by atomic mass is 79.9. The van der Waals surface area contributed by atoms with Crippen molar-refractivity contribution in [3.63, 3.8) is 0 Å². The monoisotopic (exact) mass is 470 g/mol. The Morgan fingerprint density at radius 1 is 1.17 bits per heavy atom. The molecule has 1 saturated heterocycles. The minimum absolute atomic E-state index is 0.0227. The second-order valence-electron chi connectivity index (χ2n) is 6.29. The van der Waals surface area contributed by atoms with E-state index in [0.717, 1.165) is 20.6 Å². The summed E-state index contributed by atoms with van der Waals surface area (Å²) in [6, 6.07) is 14.2. The third-order valence-corrected chi connectivity index (χ3v) is 5.68. The summed E-state index contributed by atoms with van der Waals surface area (Å²) in [6.45, 7) is 0.0153. The van der Waals surface area contributed by atoms with Crippen molar-refractivity contribution in [1.29, 1.82) is 0 Å². The van der Waals surface area contributed by atoms with Gasteiger partial charge in [-0.05, 0) is 23.8 Å². The van der Waals surface area contributed by atoms with Gasteiger partial charge in [0.15, 0.2) is 5.13 Å². The van der Waals surface area contributed by atoms with E-state index in [2.05, 4.69) is 31.5 Å². The number of hydrogen-bond acceptors (Lipinski definition) is 5. The third kappa shape index (κ3) is 4.20. The van der Waals surface area contributed by atoms with Crippen LogP contribution in [0.25, 0.3) is 11.3 Å². The molecule has 4 rings (SSSR count). The van der Waals surface area contributed by atoms with E-state index < -0.39 is 6.03 Å². The predicted molar refractivity (Wildman–Crippen MR) is 114 cm³/mol. The molecule has 9 heteroatoms. The van der Waals surface area contributed by atoms with Crippen LogP contribution in [0.3, 0.4) is 0 Å². The Labute approximate surface area is 178 Å². The van der Waals surface area contributed by atoms with Crippen molar-refractivity contribution in [2.24, 2.45) is 0 Å². The largest absolute Gasteiger partial charge is 0.329 e. The molecule has 4 amide bonds. The van der Waals surface area contributed by atoms with Crippen LogP contribution in [0.15, 0.2) is 58.4 Å². The van der Waals surface area contributed by atoms with Crippen LogP contribution in [-0.4, -0.2) is 34.3 Å². The maximum atomic E-state index is 12.8. The van der Waals surface area contributed by atoms with Crippen molar-refractivity contribution in [3.05, 3.63) is 69.5 Å². The fourth-order valence-corrected chi connectivity index (χ4v) is 3.89. The van der Waals surface area contributed by atoms with Crippen LogP contribution in [0.4, 0.5) is 9.93 Å². The number of urea groups is 1. The molecule has 0 aliphatic carbocycles. The summed E-state index contributed by atoms with van der Waals surface area (Å²) in [6.07, 6.45) is 0. The van der Waals surface area contributed by atoms with Gasteiger partial charge in [-0.2, -0.15) is 0 Å². The van der Waals surface area contributed by atoms with Gasteiger partial charge in [0.05, 0.1) is 18.8 Å². The van der Waals surface area contributed by atoms with Crippen molar-refractivity contribution in [2.45, 2.75) is 6.54 Å². The maximum absolute atomic E-state index is 12.8. The molecule has 1 aliphatic heterocycles. The lowest BCUT2D eigenvalue weighted by Crippen LogP contribution is -2.31. The van der Waals surface area contributed by atoms with Crippen LogP contribution in [0.5, 0.6) is 0 Å². The number of nitrogens with one attached hydrogen (secondary N) is 2. The maximum Gasteiger partial charge on any atom is 0.324 e. The fourth-order valence-electron chi connectivity index (χ4n) is 2.91. The van der Waals surface area contributed by atoms with Crippen molar-refractivity contribution in [2.75, 3.05) is 11.9 Å². The first-order valence-corrected chi connectivity index (χ1v) is 10.4. The van der Waals surface area contributed by atoms with E-state index in [-0.39, 0.29) is 24.9 Å². The highest BCUT2D eigenvalue weighted by molar-refractivity contribution is 9.10. The van der Waals surface area contributed by atoms with E-state index in [9.17, 15) is 14.4 Å². The molecule has 2 N–H and O–H groups in total. The lowest BCUT2D eigenvalue weighted by molar-refractivity contribution is -0.125. The van der Waals surface area contributed by atoms with Crippen LogP contribution in [0, 0.1) is 0 Å². The Balaban J connectivity index is 1.51. The van der Waals surface area contributed by atoms with Gasteiger partial charge in [-0.3, -0.25) is 19.8 Å². The first kappa shape index (κ1) is 19.3. The number of carbonyl (C=O) groups is 3. The molecule has 0 bridgehead atoms. The highest BCUT2D eigenvalue weighted by Crippen LogP contribution is 2.26. The van der Waals surface area contributed by atoms with Crippen molar-refractivity contribution in [1.82, 2.24) is 15.2 Å². The summed E-state index contributed by atoms with van der Waals surface area (Å²) in [7, 11) is 0. The molecule has 0 radical (unpaired) electrons. The average molecular weight is 471 g/mol. The summed E-state index contributed by atoms with van der Waals surface area (Å²) in [5, 5.41) is 7.62. The highest BCUT2D eigenvalue weighted by Gasteiger charge is 2.29. The van der Waals surface area contributed by atoms with Gasteiger partial charge >= 0.3 is 6.03 Å². The number of imide groups is 1. The molecule has 2 heterocycles. The van der Waals surface area contributed by atoms with Crippen molar-refractivity contribution in [3.8, 4) is 11.3 Å². The first-order chi connectivity index (χ1) is 14.0. The minimum atomic E-state index is -0.454. The van der Waals surface area contributed by atoms with Gasteiger partial charge in [0.1, 0.15) is 0 Å². The molecule has 3 aromatic rings. The standard InChI is InChI=1S/C20H15BrN4O3S/c21-14-7-5-12(6-8-14)16-11-29-19(23-16)24-18(27)15-4-2-1-3-13(15)10-25-17(26)9-22-20(25)28/h1-8,11H,9-10H2,(H,22,28)(H,23,24,27). The fraction of sp³-hybridized carbons (Fsp3) is 0.100. The van der Waals surface area contributed by atoms with Crippen molar-refractivity contribution < 1.29 is 14.4 Å². The van der Waals surface area contributed by atoms with Crippen LogP contribution in [0.2, 0.25) is 0 Å². The number of thiazole rings is 1. The molecule has 1 aromatic heterocycles. The number of hydrogen-bond donors (Lipinski definition) is 2. The van der Waals surface area contributed by atoms with Gasteiger partial charge in [0.25, 0.3) is 5.91 Å². The molecule has 0 saturated carbocycles. The Hall–Kier alpha value is -3.04. The van der Waals surface area contributed by atoms with Crippen LogP contribution in [-0.2, 0) is 11.3 Å². The summed E-state index contributed by atoms with van der Waals surface area (Å²) < 4.78 is 0.978. The number of benzene rings is 2. The molecule has 146 valence electrons. The quantitative estimate of drug-likeness (QED) is 0.553.